The predicted molar refractivity (Wildman–Crippen MR) is 103 cm³/mol. The highest BCUT2D eigenvalue weighted by atomic mass is 16.7. The molecule has 2 aromatic carbocycles. The van der Waals surface area contributed by atoms with E-state index in [0.29, 0.717) is 0 Å². The maximum absolute atomic E-state index is 12.7. The van der Waals surface area contributed by atoms with Gasteiger partial charge in [-0.25, -0.2) is 0 Å². The molecule has 1 aliphatic rings. The fourth-order valence-electron chi connectivity index (χ4n) is 3.22. The van der Waals surface area contributed by atoms with Crippen molar-refractivity contribution in [1.82, 2.24) is 0 Å². The maximum atomic E-state index is 12.7. The van der Waals surface area contributed by atoms with Crippen LogP contribution in [0.15, 0.2) is 39.5 Å². The molecule has 11 nitrogen and oxygen atoms in total. The topological polar surface area (TPSA) is 190 Å². The zero-order valence-corrected chi connectivity index (χ0v) is 15.7. The maximum Gasteiger partial charge on any atom is 0.238 e. The largest absolute Gasteiger partial charge is 0.508 e. The van der Waals surface area contributed by atoms with E-state index in [9.17, 15) is 40.5 Å². The number of aliphatic hydroxyl groups is 3. The molecule has 0 bridgehead atoms. The Balaban J connectivity index is 1.89. The number of fused-ring (bicyclic) bond motifs is 1. The van der Waals surface area contributed by atoms with Gasteiger partial charge in [-0.3, -0.25) is 4.79 Å². The summed E-state index contributed by atoms with van der Waals surface area (Å²) in [4.78, 5) is 12.7. The summed E-state index contributed by atoms with van der Waals surface area (Å²) < 4.78 is 16.2. The van der Waals surface area contributed by atoms with E-state index >= 15 is 0 Å². The average molecular weight is 434 g/mol. The molecule has 0 aliphatic carbocycles. The predicted octanol–water partition coefficient (Wildman–Crippen LogP) is 0.100. The molecule has 0 spiro atoms. The summed E-state index contributed by atoms with van der Waals surface area (Å²) in [5, 5.41) is 69.2. The molecule has 164 valence electrons. The van der Waals surface area contributed by atoms with Gasteiger partial charge in [-0.05, 0) is 24.3 Å². The van der Waals surface area contributed by atoms with Gasteiger partial charge in [0.1, 0.15) is 35.2 Å². The van der Waals surface area contributed by atoms with Gasteiger partial charge < -0.3 is 49.6 Å². The summed E-state index contributed by atoms with van der Waals surface area (Å²) in [6, 6.07) is 6.06. The number of hydrogen-bond donors (Lipinski definition) is 7. The quantitative estimate of drug-likeness (QED) is 0.296. The first-order valence-corrected chi connectivity index (χ1v) is 9.05. The van der Waals surface area contributed by atoms with Crippen molar-refractivity contribution in [2.24, 2.45) is 0 Å². The van der Waals surface area contributed by atoms with Crippen LogP contribution in [0.3, 0.4) is 0 Å². The van der Waals surface area contributed by atoms with Gasteiger partial charge in [0.15, 0.2) is 17.1 Å². The van der Waals surface area contributed by atoms with Crippen molar-refractivity contribution < 1.29 is 49.6 Å². The Labute approximate surface area is 173 Å². The molecule has 7 N–H and O–H groups in total. The molecule has 1 saturated heterocycles. The van der Waals surface area contributed by atoms with Crippen LogP contribution in [0.4, 0.5) is 0 Å². The van der Waals surface area contributed by atoms with Gasteiger partial charge >= 0.3 is 0 Å². The van der Waals surface area contributed by atoms with Crippen molar-refractivity contribution >= 4 is 11.0 Å². The normalized spacial score (nSPS) is 23.7. The highest BCUT2D eigenvalue weighted by Crippen LogP contribution is 2.43. The second-order valence-electron chi connectivity index (χ2n) is 6.97. The minimum Gasteiger partial charge on any atom is -0.508 e. The zero-order chi connectivity index (χ0) is 22.4. The monoisotopic (exact) mass is 434 g/mol. The highest BCUT2D eigenvalue weighted by Gasteiger charge is 2.40. The first kappa shape index (κ1) is 20.8. The summed E-state index contributed by atoms with van der Waals surface area (Å²) in [6.07, 6.45) is -6.25. The first-order chi connectivity index (χ1) is 14.7. The van der Waals surface area contributed by atoms with Crippen molar-refractivity contribution in [3.05, 3.63) is 40.6 Å². The second kappa shape index (κ2) is 7.63. The molecule has 31 heavy (non-hydrogen) atoms. The molecule has 2 heterocycles. The fourth-order valence-corrected chi connectivity index (χ4v) is 3.22. The van der Waals surface area contributed by atoms with Crippen LogP contribution in [-0.4, -0.2) is 67.0 Å². The third kappa shape index (κ3) is 3.49. The van der Waals surface area contributed by atoms with Crippen molar-refractivity contribution in [3.63, 3.8) is 0 Å². The lowest BCUT2D eigenvalue weighted by Crippen LogP contribution is -2.54. The van der Waals surface area contributed by atoms with Crippen LogP contribution in [0.5, 0.6) is 28.7 Å². The Morgan fingerprint density at radius 3 is 2.29 bits per heavy atom. The van der Waals surface area contributed by atoms with Gasteiger partial charge in [-0.2, -0.15) is 0 Å². The van der Waals surface area contributed by atoms with Crippen LogP contribution < -0.4 is 10.2 Å². The van der Waals surface area contributed by atoms with Gasteiger partial charge in [0.2, 0.25) is 23.2 Å². The smallest absolute Gasteiger partial charge is 0.238 e. The molecule has 11 heteroatoms. The molecule has 0 radical (unpaired) electrons. The van der Waals surface area contributed by atoms with E-state index in [4.69, 9.17) is 13.9 Å². The summed E-state index contributed by atoms with van der Waals surface area (Å²) in [6.45, 7) is -0.386. The number of aliphatic hydroxyl groups excluding tert-OH is 3. The number of benzene rings is 2. The average Bonchev–Trinajstić information content (AvgIpc) is 2.73. The van der Waals surface area contributed by atoms with Gasteiger partial charge in [-0.15, -0.1) is 0 Å². The van der Waals surface area contributed by atoms with Crippen LogP contribution in [0.25, 0.3) is 22.3 Å². The lowest BCUT2D eigenvalue weighted by molar-refractivity contribution is -0.242. The Hall–Kier alpha value is -3.51. The molecule has 0 saturated carbocycles. The molecule has 1 aliphatic heterocycles. The molecule has 4 rings (SSSR count). The van der Waals surface area contributed by atoms with E-state index in [0.717, 1.165) is 6.07 Å². The summed E-state index contributed by atoms with van der Waals surface area (Å²) >= 11 is 0. The van der Waals surface area contributed by atoms with Crippen molar-refractivity contribution in [1.29, 1.82) is 0 Å². The molecule has 3 aromatic rings. The Kier molecular flexibility index (Phi) is 5.11. The molecule has 4 atom stereocenters. The Morgan fingerprint density at radius 1 is 0.935 bits per heavy atom. The Morgan fingerprint density at radius 2 is 1.61 bits per heavy atom. The molecule has 1 fully saturated rings. The number of rotatable bonds is 3. The molecular formula is C20H18O11. The SMILES string of the molecule is O=c1c(O)c(-c2ccc(O)cc2)oc2c(O[C@@H]3OC[C@@H](O)[C@H](O)[C@H]3O)c(O)cc(O)c12. The number of hydrogen-bond acceptors (Lipinski definition) is 11. The minimum atomic E-state index is -1.72. The highest BCUT2D eigenvalue weighted by molar-refractivity contribution is 5.93. The van der Waals surface area contributed by atoms with E-state index in [1.807, 2.05) is 0 Å². The lowest BCUT2D eigenvalue weighted by Gasteiger charge is -2.35. The van der Waals surface area contributed by atoms with Gasteiger partial charge in [0, 0.05) is 11.6 Å². The van der Waals surface area contributed by atoms with E-state index in [1.165, 1.54) is 24.3 Å². The molecule has 0 amide bonds. The fraction of sp³-hybridized carbons (Fsp3) is 0.250. The number of phenols is 3. The van der Waals surface area contributed by atoms with Gasteiger partial charge in [-0.1, -0.05) is 0 Å². The van der Waals surface area contributed by atoms with Crippen molar-refractivity contribution in [3.8, 4) is 40.1 Å². The number of ether oxygens (including phenoxy) is 2. The Bertz CT molecular complexity index is 1180. The standard InChI is InChI=1S/C20H18O11/c21-8-3-1-7(2-4-8)17-15(27)14(26)12-9(22)5-10(23)18(19(12)30-17)31-20-16(28)13(25)11(24)6-29-20/h1-5,11,13,16,20-25,27-28H,6H2/t11-,13+,16-,20+/m1/s1. The van der Waals surface area contributed by atoms with Crippen LogP contribution >= 0.6 is 0 Å². The second-order valence-corrected chi connectivity index (χ2v) is 6.97. The van der Waals surface area contributed by atoms with Crippen LogP contribution in [0, 0.1) is 0 Å². The van der Waals surface area contributed by atoms with Crippen molar-refractivity contribution in [2.45, 2.75) is 24.6 Å². The summed E-state index contributed by atoms with van der Waals surface area (Å²) in [7, 11) is 0. The van der Waals surface area contributed by atoms with Gasteiger partial charge in [0.25, 0.3) is 0 Å². The lowest BCUT2D eigenvalue weighted by atomic mass is 10.1. The van der Waals surface area contributed by atoms with Crippen LogP contribution in [-0.2, 0) is 4.74 Å². The molecule has 0 unspecified atom stereocenters. The van der Waals surface area contributed by atoms with Gasteiger partial charge in [0.05, 0.1) is 6.61 Å². The van der Waals surface area contributed by atoms with Crippen molar-refractivity contribution in [2.75, 3.05) is 6.61 Å². The number of aromatic hydroxyl groups is 4. The summed E-state index contributed by atoms with van der Waals surface area (Å²) in [5.41, 5.74) is -1.32. The zero-order valence-electron chi connectivity index (χ0n) is 15.7. The van der Waals surface area contributed by atoms with Crippen LogP contribution in [0.1, 0.15) is 0 Å². The third-order valence-corrected chi connectivity index (χ3v) is 4.87. The van der Waals surface area contributed by atoms with E-state index in [-0.39, 0.29) is 23.7 Å². The van der Waals surface area contributed by atoms with E-state index in [2.05, 4.69) is 0 Å². The first-order valence-electron chi connectivity index (χ1n) is 9.05. The third-order valence-electron chi connectivity index (χ3n) is 4.87. The van der Waals surface area contributed by atoms with Crippen LogP contribution in [0.2, 0.25) is 0 Å². The molecule has 1 aromatic heterocycles. The number of phenolic OH excluding ortho intramolecular Hbond substituents is 3. The summed E-state index contributed by atoms with van der Waals surface area (Å²) in [5.74, 6) is -3.16. The minimum absolute atomic E-state index is 0.0742. The van der Waals surface area contributed by atoms with E-state index in [1.54, 1.807) is 0 Å². The van der Waals surface area contributed by atoms with E-state index < -0.39 is 64.0 Å². The molecular weight excluding hydrogens is 416 g/mol.